The number of hydrogen-bond acceptors (Lipinski definition) is 12. The Labute approximate surface area is 204 Å². The summed E-state index contributed by atoms with van der Waals surface area (Å²) in [6, 6.07) is 7.20. The van der Waals surface area contributed by atoms with Crippen molar-refractivity contribution < 1.29 is 53.6 Å². The van der Waals surface area contributed by atoms with Gasteiger partial charge in [0.25, 0.3) is 0 Å². The fourth-order valence-corrected chi connectivity index (χ4v) is 3.95. The van der Waals surface area contributed by atoms with Crippen molar-refractivity contribution in [2.24, 2.45) is 0 Å². The van der Waals surface area contributed by atoms with Crippen LogP contribution in [0.4, 0.5) is 0 Å². The molecule has 0 aliphatic carbocycles. The fourth-order valence-electron chi connectivity index (χ4n) is 3.95. The lowest BCUT2D eigenvalue weighted by Crippen LogP contribution is -2.60. The summed E-state index contributed by atoms with van der Waals surface area (Å²) >= 11 is 0. The van der Waals surface area contributed by atoms with Crippen molar-refractivity contribution in [3.8, 4) is 40.1 Å². The number of ether oxygens (including phenoxy) is 5. The second-order valence-corrected chi connectivity index (χ2v) is 7.99. The Kier molecular flexibility index (Phi) is 7.24. The summed E-state index contributed by atoms with van der Waals surface area (Å²) < 4.78 is 32.8. The molecule has 3 aromatic rings. The first kappa shape index (κ1) is 25.5. The van der Waals surface area contributed by atoms with E-state index in [0.29, 0.717) is 5.56 Å². The van der Waals surface area contributed by atoms with Crippen LogP contribution in [-0.2, 0) is 4.74 Å². The second-order valence-electron chi connectivity index (χ2n) is 7.99. The number of aromatic hydroxyl groups is 1. The van der Waals surface area contributed by atoms with Gasteiger partial charge in [-0.25, -0.2) is 0 Å². The molecule has 5 atom stereocenters. The predicted molar refractivity (Wildman–Crippen MR) is 124 cm³/mol. The third kappa shape index (κ3) is 4.40. The standard InChI is InChI=1S/C24H26O12/c1-31-11-7-12(26)17-15(8-11)34-22(23(33-3)19(17)28)10-4-5-13(32-2)14(6-10)35-24-21(30)20(29)18(27)16(9-25)36-24/h4-8,16,18,20-21,24-27,29-30H,9H2,1-3H3/t16-,18-,20+,21-,24-/m0/s1. The maximum atomic E-state index is 13.1. The van der Waals surface area contributed by atoms with Gasteiger partial charge in [-0.1, -0.05) is 0 Å². The zero-order valence-corrected chi connectivity index (χ0v) is 19.6. The van der Waals surface area contributed by atoms with E-state index in [1.807, 2.05) is 0 Å². The monoisotopic (exact) mass is 506 g/mol. The van der Waals surface area contributed by atoms with E-state index in [1.54, 1.807) is 6.07 Å². The summed E-state index contributed by atoms with van der Waals surface area (Å²) in [5.74, 6) is -0.0319. The summed E-state index contributed by atoms with van der Waals surface area (Å²) in [7, 11) is 4.05. The summed E-state index contributed by atoms with van der Waals surface area (Å²) in [5, 5.41) is 50.1. The van der Waals surface area contributed by atoms with E-state index in [1.165, 1.54) is 45.6 Å². The maximum Gasteiger partial charge on any atom is 0.239 e. The van der Waals surface area contributed by atoms with Crippen molar-refractivity contribution in [2.75, 3.05) is 27.9 Å². The van der Waals surface area contributed by atoms with Crippen LogP contribution in [0.15, 0.2) is 39.5 Å². The molecule has 0 saturated carbocycles. The van der Waals surface area contributed by atoms with Crippen molar-refractivity contribution in [3.05, 3.63) is 40.6 Å². The average molecular weight is 506 g/mol. The molecule has 12 heteroatoms. The summed E-state index contributed by atoms with van der Waals surface area (Å²) in [6.07, 6.45) is -7.50. The molecule has 0 unspecified atom stereocenters. The van der Waals surface area contributed by atoms with Gasteiger partial charge in [-0.2, -0.15) is 0 Å². The highest BCUT2D eigenvalue weighted by molar-refractivity contribution is 5.88. The molecule has 1 fully saturated rings. The molecular weight excluding hydrogens is 480 g/mol. The third-order valence-electron chi connectivity index (χ3n) is 5.86. The molecule has 0 bridgehead atoms. The van der Waals surface area contributed by atoms with E-state index in [2.05, 4.69) is 0 Å². The van der Waals surface area contributed by atoms with Gasteiger partial charge < -0.3 is 53.6 Å². The molecule has 4 rings (SSSR count). The largest absolute Gasteiger partial charge is 0.507 e. The van der Waals surface area contributed by atoms with Crippen LogP contribution in [-0.4, -0.2) is 84.2 Å². The van der Waals surface area contributed by atoms with Crippen LogP contribution in [0.25, 0.3) is 22.3 Å². The second kappa shape index (κ2) is 10.2. The van der Waals surface area contributed by atoms with Gasteiger partial charge in [-0.3, -0.25) is 4.79 Å². The highest BCUT2D eigenvalue weighted by atomic mass is 16.7. The fraction of sp³-hybridized carbons (Fsp3) is 0.375. The topological polar surface area (TPSA) is 178 Å². The molecule has 12 nitrogen and oxygen atoms in total. The molecule has 1 aliphatic rings. The van der Waals surface area contributed by atoms with Crippen LogP contribution >= 0.6 is 0 Å². The van der Waals surface area contributed by atoms with E-state index in [4.69, 9.17) is 28.1 Å². The van der Waals surface area contributed by atoms with E-state index < -0.39 is 42.7 Å². The highest BCUT2D eigenvalue weighted by Gasteiger charge is 2.45. The minimum Gasteiger partial charge on any atom is -0.507 e. The lowest BCUT2D eigenvalue weighted by atomic mass is 9.99. The molecule has 1 saturated heterocycles. The molecule has 0 spiro atoms. The number of rotatable bonds is 7. The number of hydrogen-bond donors (Lipinski definition) is 5. The van der Waals surface area contributed by atoms with Gasteiger partial charge in [0.15, 0.2) is 17.3 Å². The third-order valence-corrected chi connectivity index (χ3v) is 5.86. The smallest absolute Gasteiger partial charge is 0.239 e. The molecule has 2 aromatic carbocycles. The van der Waals surface area contributed by atoms with E-state index in [0.717, 1.165) is 0 Å². The summed E-state index contributed by atoms with van der Waals surface area (Å²) in [5.41, 5.74) is -0.283. The van der Waals surface area contributed by atoms with Crippen molar-refractivity contribution in [2.45, 2.75) is 30.7 Å². The van der Waals surface area contributed by atoms with Crippen molar-refractivity contribution in [1.82, 2.24) is 0 Å². The number of methoxy groups -OCH3 is 3. The van der Waals surface area contributed by atoms with Crippen molar-refractivity contribution in [3.63, 3.8) is 0 Å². The van der Waals surface area contributed by atoms with Gasteiger partial charge in [0.2, 0.25) is 17.5 Å². The van der Waals surface area contributed by atoms with Crippen LogP contribution < -0.4 is 24.4 Å². The van der Waals surface area contributed by atoms with Gasteiger partial charge >= 0.3 is 0 Å². The zero-order chi connectivity index (χ0) is 26.1. The molecule has 0 amide bonds. The molecule has 5 N–H and O–H groups in total. The molecule has 1 aromatic heterocycles. The zero-order valence-electron chi connectivity index (χ0n) is 19.6. The number of aliphatic hydroxyl groups is 4. The quantitative estimate of drug-likeness (QED) is 0.298. The first-order valence-electron chi connectivity index (χ1n) is 10.8. The Balaban J connectivity index is 1.81. The Morgan fingerprint density at radius 2 is 1.67 bits per heavy atom. The van der Waals surface area contributed by atoms with Crippen LogP contribution in [0, 0.1) is 0 Å². The Morgan fingerprint density at radius 3 is 2.31 bits per heavy atom. The first-order valence-corrected chi connectivity index (χ1v) is 10.8. The van der Waals surface area contributed by atoms with Crippen LogP contribution in [0.1, 0.15) is 0 Å². The predicted octanol–water partition coefficient (Wildman–Crippen LogP) is 0.370. The highest BCUT2D eigenvalue weighted by Crippen LogP contribution is 2.40. The minimum absolute atomic E-state index is 0.00367. The molecular formula is C24H26O12. The lowest BCUT2D eigenvalue weighted by molar-refractivity contribution is -0.277. The van der Waals surface area contributed by atoms with Crippen LogP contribution in [0.2, 0.25) is 0 Å². The SMILES string of the molecule is COc1cc(O)c2c(=O)c(OC)c(-c3ccc(OC)c(O[C@H]4O[C@@H](CO)[C@H](O)[C@@H](O)[C@@H]4O)c3)oc2c1. The van der Waals surface area contributed by atoms with Gasteiger partial charge in [0, 0.05) is 17.7 Å². The maximum absolute atomic E-state index is 13.1. The van der Waals surface area contributed by atoms with Gasteiger partial charge in [-0.15, -0.1) is 0 Å². The van der Waals surface area contributed by atoms with Gasteiger partial charge in [0.1, 0.15) is 46.9 Å². The van der Waals surface area contributed by atoms with Crippen LogP contribution in [0.3, 0.4) is 0 Å². The normalized spacial score (nSPS) is 23.9. The number of benzene rings is 2. The molecule has 194 valence electrons. The van der Waals surface area contributed by atoms with Gasteiger partial charge in [0.05, 0.1) is 27.9 Å². The number of fused-ring (bicyclic) bond motifs is 1. The summed E-state index contributed by atoms with van der Waals surface area (Å²) in [4.78, 5) is 13.1. The number of phenols is 1. The molecule has 36 heavy (non-hydrogen) atoms. The van der Waals surface area contributed by atoms with Crippen molar-refractivity contribution in [1.29, 1.82) is 0 Å². The van der Waals surface area contributed by atoms with Gasteiger partial charge in [-0.05, 0) is 18.2 Å². The molecule has 1 aliphatic heterocycles. The lowest BCUT2D eigenvalue weighted by Gasteiger charge is -2.39. The van der Waals surface area contributed by atoms with E-state index in [-0.39, 0.29) is 45.5 Å². The number of phenolic OH excluding ortho intramolecular Hbond substituents is 1. The van der Waals surface area contributed by atoms with Crippen LogP contribution in [0.5, 0.6) is 28.7 Å². The Hall–Kier alpha value is -3.55. The minimum atomic E-state index is -1.65. The average Bonchev–Trinajstić information content (AvgIpc) is 2.88. The molecule has 2 heterocycles. The number of aliphatic hydroxyl groups excluding tert-OH is 4. The summed E-state index contributed by atoms with van der Waals surface area (Å²) in [6.45, 7) is -0.627. The van der Waals surface area contributed by atoms with Crippen molar-refractivity contribution >= 4 is 11.0 Å². The molecule has 0 radical (unpaired) electrons. The Bertz CT molecular complexity index is 1300. The Morgan fingerprint density at radius 1 is 0.917 bits per heavy atom. The first-order chi connectivity index (χ1) is 17.2. The van der Waals surface area contributed by atoms with E-state index >= 15 is 0 Å². The van der Waals surface area contributed by atoms with E-state index in [9.17, 15) is 30.3 Å².